The minimum atomic E-state index is -2.74. The van der Waals surface area contributed by atoms with Gasteiger partial charge in [-0.05, 0) is 17.7 Å². The number of anilines is 2. The third-order valence-electron chi connectivity index (χ3n) is 5.65. The van der Waals surface area contributed by atoms with Gasteiger partial charge in [-0.1, -0.05) is 66.7 Å². The molecule has 5 N–H and O–H groups in total. The topological polar surface area (TPSA) is 153 Å². The number of ether oxygens (including phenoxy) is 1. The summed E-state index contributed by atoms with van der Waals surface area (Å²) in [6.07, 6.45) is -2.29. The quantitative estimate of drug-likeness (QED) is 0.343. The molecule has 1 aliphatic heterocycles. The van der Waals surface area contributed by atoms with Crippen molar-refractivity contribution >= 4 is 29.3 Å². The van der Waals surface area contributed by atoms with Gasteiger partial charge in [0.15, 0.2) is 5.60 Å². The average molecular weight is 479 g/mol. The Kier molecular flexibility index (Phi) is 7.53. The van der Waals surface area contributed by atoms with Gasteiger partial charge in [0.2, 0.25) is 0 Å². The Morgan fingerprint density at radius 2 is 1.20 bits per heavy atom. The number of benzene rings is 3. The summed E-state index contributed by atoms with van der Waals surface area (Å²) in [4.78, 5) is 30.5. The second-order valence-corrected chi connectivity index (χ2v) is 7.95. The van der Waals surface area contributed by atoms with Crippen LogP contribution in [0.4, 0.5) is 11.4 Å². The number of aliphatic carboxylic acids is 3. The van der Waals surface area contributed by atoms with Gasteiger partial charge in [-0.3, -0.25) is 9.59 Å². The molecule has 3 aromatic rings. The fraction of sp³-hybridized carbons (Fsp3) is 0.192. The van der Waals surface area contributed by atoms with Crippen LogP contribution in [-0.4, -0.2) is 51.0 Å². The SMILES string of the molecule is COC1(c2ccccc2)c2ccccc2Nc2ccccc21.O=C(O)CC(O)(CC(=O)O)C(=O)O. The van der Waals surface area contributed by atoms with Crippen LogP contribution < -0.4 is 5.32 Å². The number of rotatable bonds is 7. The molecule has 0 unspecified atom stereocenters. The normalized spacial score (nSPS) is 13.2. The Hall–Kier alpha value is -4.21. The summed E-state index contributed by atoms with van der Waals surface area (Å²) in [6, 6.07) is 27.1. The molecule has 0 atom stereocenters. The lowest BCUT2D eigenvalue weighted by molar-refractivity contribution is -0.170. The van der Waals surface area contributed by atoms with Crippen LogP contribution in [0, 0.1) is 0 Å². The number of fused-ring (bicyclic) bond motifs is 2. The van der Waals surface area contributed by atoms with Crippen LogP contribution >= 0.6 is 0 Å². The van der Waals surface area contributed by atoms with E-state index in [4.69, 9.17) is 25.2 Å². The molecule has 35 heavy (non-hydrogen) atoms. The van der Waals surface area contributed by atoms with Crippen molar-refractivity contribution in [1.29, 1.82) is 0 Å². The van der Waals surface area contributed by atoms with Gasteiger partial charge in [-0.2, -0.15) is 0 Å². The van der Waals surface area contributed by atoms with Crippen LogP contribution in [-0.2, 0) is 24.7 Å². The van der Waals surface area contributed by atoms with E-state index in [1.54, 1.807) is 7.11 Å². The van der Waals surface area contributed by atoms with Gasteiger partial charge in [0.25, 0.3) is 0 Å². The predicted octanol–water partition coefficient (Wildman–Crippen LogP) is 3.43. The number of methoxy groups -OCH3 is 1. The summed E-state index contributed by atoms with van der Waals surface area (Å²) < 4.78 is 6.18. The summed E-state index contributed by atoms with van der Waals surface area (Å²) in [6.45, 7) is 0. The zero-order chi connectivity index (χ0) is 25.6. The van der Waals surface area contributed by atoms with Gasteiger partial charge in [0, 0.05) is 29.6 Å². The van der Waals surface area contributed by atoms with Crippen LogP contribution in [0.2, 0.25) is 0 Å². The largest absolute Gasteiger partial charge is 0.481 e. The second-order valence-electron chi connectivity index (χ2n) is 7.95. The van der Waals surface area contributed by atoms with Crippen molar-refractivity contribution in [3.05, 3.63) is 95.6 Å². The Balaban J connectivity index is 0.000000228. The van der Waals surface area contributed by atoms with Crippen molar-refractivity contribution in [2.45, 2.75) is 24.0 Å². The third kappa shape index (κ3) is 5.16. The zero-order valence-electron chi connectivity index (χ0n) is 18.8. The first-order chi connectivity index (χ1) is 16.6. The number of aliphatic hydroxyl groups is 1. The summed E-state index contributed by atoms with van der Waals surface area (Å²) in [5, 5.41) is 37.3. The summed E-state index contributed by atoms with van der Waals surface area (Å²) in [5.74, 6) is -5.02. The minimum Gasteiger partial charge on any atom is -0.481 e. The van der Waals surface area contributed by atoms with Gasteiger partial charge in [0.05, 0.1) is 12.8 Å². The van der Waals surface area contributed by atoms with E-state index in [2.05, 4.69) is 66.0 Å². The lowest BCUT2D eigenvalue weighted by Crippen LogP contribution is -2.42. The lowest BCUT2D eigenvalue weighted by atomic mass is 9.76. The lowest BCUT2D eigenvalue weighted by Gasteiger charge is -2.40. The molecule has 0 saturated heterocycles. The van der Waals surface area contributed by atoms with Crippen LogP contribution in [0.25, 0.3) is 0 Å². The van der Waals surface area contributed by atoms with Gasteiger partial charge in [0.1, 0.15) is 5.60 Å². The van der Waals surface area contributed by atoms with E-state index >= 15 is 0 Å². The van der Waals surface area contributed by atoms with Gasteiger partial charge < -0.3 is 30.5 Å². The van der Waals surface area contributed by atoms with Gasteiger partial charge in [-0.25, -0.2) is 4.79 Å². The van der Waals surface area contributed by atoms with Crippen LogP contribution in [0.15, 0.2) is 78.9 Å². The van der Waals surface area contributed by atoms with E-state index in [-0.39, 0.29) is 0 Å². The second kappa shape index (κ2) is 10.4. The number of carboxylic acids is 3. The molecule has 3 aromatic carbocycles. The highest BCUT2D eigenvalue weighted by Crippen LogP contribution is 2.49. The molecule has 0 radical (unpaired) electrons. The van der Waals surface area contributed by atoms with Gasteiger partial charge >= 0.3 is 17.9 Å². The van der Waals surface area contributed by atoms with Crippen molar-refractivity contribution in [2.75, 3.05) is 12.4 Å². The summed E-state index contributed by atoms with van der Waals surface area (Å²) in [7, 11) is 1.78. The monoisotopic (exact) mass is 479 g/mol. The Morgan fingerprint density at radius 3 is 1.60 bits per heavy atom. The Morgan fingerprint density at radius 1 is 0.771 bits per heavy atom. The van der Waals surface area contributed by atoms with Crippen molar-refractivity contribution in [2.24, 2.45) is 0 Å². The first-order valence-corrected chi connectivity index (χ1v) is 10.6. The molecular weight excluding hydrogens is 454 g/mol. The molecule has 0 spiro atoms. The maximum Gasteiger partial charge on any atom is 0.336 e. The highest BCUT2D eigenvalue weighted by Gasteiger charge is 2.43. The Bertz CT molecular complexity index is 1160. The molecule has 0 aliphatic carbocycles. The minimum absolute atomic E-state index is 0.584. The van der Waals surface area contributed by atoms with Crippen molar-refractivity contribution < 1.29 is 39.5 Å². The highest BCUT2D eigenvalue weighted by atomic mass is 16.5. The molecule has 182 valence electrons. The number of carbonyl (C=O) groups is 3. The van der Waals surface area contributed by atoms with Crippen LogP contribution in [0.5, 0.6) is 0 Å². The molecule has 1 heterocycles. The maximum absolute atomic E-state index is 10.3. The molecule has 0 bridgehead atoms. The fourth-order valence-corrected chi connectivity index (χ4v) is 4.12. The number of hydrogen-bond acceptors (Lipinski definition) is 6. The summed E-state index contributed by atoms with van der Waals surface area (Å²) in [5.41, 5.74) is 2.28. The smallest absolute Gasteiger partial charge is 0.336 e. The molecule has 0 saturated carbocycles. The molecule has 0 fully saturated rings. The predicted molar refractivity (Wildman–Crippen MR) is 127 cm³/mol. The molecular formula is C26H25NO8. The van der Waals surface area contributed by atoms with E-state index in [1.165, 1.54) is 0 Å². The molecule has 4 rings (SSSR count). The number of nitrogens with one attached hydrogen (secondary N) is 1. The van der Waals surface area contributed by atoms with E-state index < -0.39 is 42.0 Å². The molecule has 9 heteroatoms. The molecule has 1 aliphatic rings. The van der Waals surface area contributed by atoms with Gasteiger partial charge in [-0.15, -0.1) is 0 Å². The van der Waals surface area contributed by atoms with E-state index in [0.29, 0.717) is 0 Å². The van der Waals surface area contributed by atoms with Crippen LogP contribution in [0.3, 0.4) is 0 Å². The average Bonchev–Trinajstić information content (AvgIpc) is 2.82. The summed E-state index contributed by atoms with van der Waals surface area (Å²) >= 11 is 0. The zero-order valence-corrected chi connectivity index (χ0v) is 18.8. The fourth-order valence-electron chi connectivity index (χ4n) is 4.12. The van der Waals surface area contributed by atoms with E-state index in [9.17, 15) is 14.4 Å². The first-order valence-electron chi connectivity index (χ1n) is 10.6. The number of carboxylic acid groups (broad SMARTS) is 3. The van der Waals surface area contributed by atoms with Crippen LogP contribution in [0.1, 0.15) is 29.5 Å². The Labute approximate surface area is 201 Å². The van der Waals surface area contributed by atoms with E-state index in [1.807, 2.05) is 18.2 Å². The third-order valence-corrected chi connectivity index (χ3v) is 5.65. The molecule has 9 nitrogen and oxygen atoms in total. The molecule has 0 aromatic heterocycles. The number of para-hydroxylation sites is 2. The van der Waals surface area contributed by atoms with Crippen molar-refractivity contribution in [3.63, 3.8) is 0 Å². The molecule has 0 amide bonds. The van der Waals surface area contributed by atoms with E-state index in [0.717, 1.165) is 28.1 Å². The standard InChI is InChI=1S/C20H17NO.C6H8O7/c1-22-20(15-9-3-2-4-10-15)16-11-5-7-13-18(16)21-19-14-8-6-12-17(19)20;7-3(8)1-6(13,5(11)12)2-4(9)10/h2-14,21H,1H3;13H,1-2H2,(H,7,8)(H,9,10)(H,11,12). The number of hydrogen-bond donors (Lipinski definition) is 5. The maximum atomic E-state index is 10.3. The highest BCUT2D eigenvalue weighted by molar-refractivity contribution is 5.88. The first kappa shape index (κ1) is 25.4. The van der Waals surface area contributed by atoms with Crippen molar-refractivity contribution in [3.8, 4) is 0 Å². The van der Waals surface area contributed by atoms with Crippen molar-refractivity contribution in [1.82, 2.24) is 0 Å².